The molecular formula is C16H15ClN2O2. The van der Waals surface area contributed by atoms with Crippen LogP contribution in [-0.4, -0.2) is 19.2 Å². The van der Waals surface area contributed by atoms with Crippen molar-refractivity contribution in [3.8, 4) is 0 Å². The Hall–Kier alpha value is -2.20. The van der Waals surface area contributed by atoms with E-state index < -0.39 is 0 Å². The van der Waals surface area contributed by atoms with Gasteiger partial charge in [-0.2, -0.15) is 0 Å². The molecule has 1 aliphatic rings. The zero-order valence-corrected chi connectivity index (χ0v) is 12.1. The van der Waals surface area contributed by atoms with E-state index in [1.54, 1.807) is 4.90 Å². The Balaban J connectivity index is 1.68. The van der Waals surface area contributed by atoms with Crippen molar-refractivity contribution in [3.05, 3.63) is 59.1 Å². The van der Waals surface area contributed by atoms with Crippen LogP contribution in [0.15, 0.2) is 48.5 Å². The molecule has 0 bridgehead atoms. The molecule has 1 N–H and O–H groups in total. The van der Waals surface area contributed by atoms with Gasteiger partial charge in [-0.15, -0.1) is 0 Å². The Morgan fingerprint density at radius 2 is 2.00 bits per heavy atom. The van der Waals surface area contributed by atoms with Gasteiger partial charge in [-0.25, -0.2) is 4.79 Å². The molecule has 3 rings (SSSR count). The Labute approximate surface area is 128 Å². The van der Waals surface area contributed by atoms with Crippen LogP contribution < -0.4 is 10.2 Å². The van der Waals surface area contributed by atoms with Gasteiger partial charge in [0.05, 0.1) is 6.54 Å². The van der Waals surface area contributed by atoms with E-state index in [0.29, 0.717) is 19.7 Å². The second-order valence-electron chi connectivity index (χ2n) is 4.80. The molecule has 1 fully saturated rings. The molecule has 0 unspecified atom stereocenters. The SMILES string of the molecule is O=C1OCCN1c1cccc(NCc2ccc(Cl)cc2)c1. The third-order valence-electron chi connectivity index (χ3n) is 3.33. The molecular weight excluding hydrogens is 288 g/mol. The van der Waals surface area contributed by atoms with Gasteiger partial charge >= 0.3 is 6.09 Å². The van der Waals surface area contributed by atoms with Crippen molar-refractivity contribution in [2.24, 2.45) is 0 Å². The Kier molecular flexibility index (Phi) is 3.97. The topological polar surface area (TPSA) is 41.6 Å². The van der Waals surface area contributed by atoms with Crippen molar-refractivity contribution < 1.29 is 9.53 Å². The molecule has 1 saturated heterocycles. The van der Waals surface area contributed by atoms with Crippen LogP contribution in [0.4, 0.5) is 16.2 Å². The first-order valence-electron chi connectivity index (χ1n) is 6.75. The van der Waals surface area contributed by atoms with E-state index in [2.05, 4.69) is 5.32 Å². The number of hydrogen-bond acceptors (Lipinski definition) is 3. The third kappa shape index (κ3) is 3.28. The van der Waals surface area contributed by atoms with Gasteiger partial charge in [0.2, 0.25) is 0 Å². The first kappa shape index (κ1) is 13.8. The maximum atomic E-state index is 11.6. The first-order valence-corrected chi connectivity index (χ1v) is 7.13. The van der Waals surface area contributed by atoms with Gasteiger partial charge in [0.1, 0.15) is 6.61 Å². The number of nitrogens with one attached hydrogen (secondary N) is 1. The van der Waals surface area contributed by atoms with Crippen LogP contribution in [0.1, 0.15) is 5.56 Å². The van der Waals surface area contributed by atoms with Crippen LogP contribution in [0, 0.1) is 0 Å². The summed E-state index contributed by atoms with van der Waals surface area (Å²) in [5.74, 6) is 0. The Bertz CT molecular complexity index is 643. The number of rotatable bonds is 4. The minimum absolute atomic E-state index is 0.287. The monoisotopic (exact) mass is 302 g/mol. The average Bonchev–Trinajstić information content (AvgIpc) is 2.93. The highest BCUT2D eigenvalue weighted by Gasteiger charge is 2.23. The fraction of sp³-hybridized carbons (Fsp3) is 0.188. The van der Waals surface area contributed by atoms with Crippen LogP contribution in [0.5, 0.6) is 0 Å². The zero-order chi connectivity index (χ0) is 14.7. The van der Waals surface area contributed by atoms with Gasteiger partial charge in [-0.1, -0.05) is 29.8 Å². The highest BCUT2D eigenvalue weighted by atomic mass is 35.5. The highest BCUT2D eigenvalue weighted by Crippen LogP contribution is 2.22. The molecule has 0 radical (unpaired) electrons. The summed E-state index contributed by atoms with van der Waals surface area (Å²) in [6.07, 6.45) is -0.287. The van der Waals surface area contributed by atoms with E-state index in [-0.39, 0.29) is 6.09 Å². The van der Waals surface area contributed by atoms with Crippen molar-refractivity contribution >= 4 is 29.1 Å². The molecule has 0 aliphatic carbocycles. The highest BCUT2D eigenvalue weighted by molar-refractivity contribution is 6.30. The van der Waals surface area contributed by atoms with Gasteiger partial charge in [0, 0.05) is 22.9 Å². The molecule has 0 atom stereocenters. The lowest BCUT2D eigenvalue weighted by molar-refractivity contribution is 0.181. The molecule has 0 spiro atoms. The zero-order valence-electron chi connectivity index (χ0n) is 11.4. The fourth-order valence-corrected chi connectivity index (χ4v) is 2.34. The van der Waals surface area contributed by atoms with E-state index in [0.717, 1.165) is 22.0 Å². The van der Waals surface area contributed by atoms with Crippen molar-refractivity contribution in [3.63, 3.8) is 0 Å². The first-order chi connectivity index (χ1) is 10.2. The number of nitrogens with zero attached hydrogens (tertiary/aromatic N) is 1. The average molecular weight is 303 g/mol. The predicted molar refractivity (Wildman–Crippen MR) is 83.9 cm³/mol. The summed E-state index contributed by atoms with van der Waals surface area (Å²) in [5, 5.41) is 4.07. The van der Waals surface area contributed by atoms with Gasteiger partial charge in [-0.3, -0.25) is 4.90 Å². The summed E-state index contributed by atoms with van der Waals surface area (Å²) in [4.78, 5) is 13.2. The Morgan fingerprint density at radius 1 is 1.19 bits per heavy atom. The maximum absolute atomic E-state index is 11.6. The molecule has 1 heterocycles. The van der Waals surface area contributed by atoms with E-state index in [1.807, 2.05) is 48.5 Å². The van der Waals surface area contributed by atoms with Crippen molar-refractivity contribution in [1.82, 2.24) is 0 Å². The van der Waals surface area contributed by atoms with Gasteiger partial charge in [0.25, 0.3) is 0 Å². The summed E-state index contributed by atoms with van der Waals surface area (Å²) in [5.41, 5.74) is 2.95. The van der Waals surface area contributed by atoms with E-state index in [9.17, 15) is 4.79 Å². The number of carbonyl (C=O) groups is 1. The van der Waals surface area contributed by atoms with Crippen molar-refractivity contribution in [2.75, 3.05) is 23.4 Å². The number of ether oxygens (including phenoxy) is 1. The second-order valence-corrected chi connectivity index (χ2v) is 5.23. The van der Waals surface area contributed by atoms with Crippen LogP contribution in [0.2, 0.25) is 5.02 Å². The molecule has 5 heteroatoms. The Morgan fingerprint density at radius 3 is 2.71 bits per heavy atom. The van der Waals surface area contributed by atoms with E-state index >= 15 is 0 Å². The number of amides is 1. The number of carbonyl (C=O) groups excluding carboxylic acids is 1. The summed E-state index contributed by atoms with van der Waals surface area (Å²) in [7, 11) is 0. The van der Waals surface area contributed by atoms with E-state index in [4.69, 9.17) is 16.3 Å². The lowest BCUT2D eigenvalue weighted by atomic mass is 10.2. The number of halogens is 1. The summed E-state index contributed by atoms with van der Waals surface area (Å²) >= 11 is 5.87. The van der Waals surface area contributed by atoms with Crippen LogP contribution in [0.3, 0.4) is 0 Å². The van der Waals surface area contributed by atoms with Gasteiger partial charge < -0.3 is 10.1 Å². The van der Waals surface area contributed by atoms with Crippen LogP contribution in [-0.2, 0) is 11.3 Å². The number of cyclic esters (lactones) is 1. The third-order valence-corrected chi connectivity index (χ3v) is 3.58. The number of anilines is 2. The summed E-state index contributed by atoms with van der Waals surface area (Å²) < 4.78 is 4.95. The van der Waals surface area contributed by atoms with Crippen molar-refractivity contribution in [2.45, 2.75) is 6.54 Å². The normalized spacial score (nSPS) is 14.1. The van der Waals surface area contributed by atoms with Gasteiger partial charge in [-0.05, 0) is 35.9 Å². The molecule has 0 aromatic heterocycles. The quantitative estimate of drug-likeness (QED) is 0.931. The maximum Gasteiger partial charge on any atom is 0.414 e. The van der Waals surface area contributed by atoms with Crippen LogP contribution >= 0.6 is 11.6 Å². The smallest absolute Gasteiger partial charge is 0.414 e. The summed E-state index contributed by atoms with van der Waals surface area (Å²) in [6, 6.07) is 15.5. The molecule has 1 aliphatic heterocycles. The largest absolute Gasteiger partial charge is 0.447 e. The van der Waals surface area contributed by atoms with Crippen LogP contribution in [0.25, 0.3) is 0 Å². The lowest BCUT2D eigenvalue weighted by Gasteiger charge is -2.14. The number of hydrogen-bond donors (Lipinski definition) is 1. The standard InChI is InChI=1S/C16H15ClN2O2/c17-13-6-4-12(5-7-13)11-18-14-2-1-3-15(10-14)19-8-9-21-16(19)20/h1-7,10,18H,8-9,11H2. The van der Waals surface area contributed by atoms with Gasteiger partial charge in [0.15, 0.2) is 0 Å². The fourth-order valence-electron chi connectivity index (χ4n) is 2.22. The summed E-state index contributed by atoms with van der Waals surface area (Å²) in [6.45, 7) is 1.74. The molecule has 108 valence electrons. The van der Waals surface area contributed by atoms with Crippen molar-refractivity contribution in [1.29, 1.82) is 0 Å². The second kappa shape index (κ2) is 6.06. The molecule has 21 heavy (non-hydrogen) atoms. The molecule has 2 aromatic carbocycles. The molecule has 0 saturated carbocycles. The lowest BCUT2D eigenvalue weighted by Crippen LogP contribution is -2.23. The minimum atomic E-state index is -0.287. The minimum Gasteiger partial charge on any atom is -0.447 e. The molecule has 4 nitrogen and oxygen atoms in total. The molecule has 2 aromatic rings. The molecule has 1 amide bonds. The number of benzene rings is 2. The van der Waals surface area contributed by atoms with E-state index in [1.165, 1.54) is 0 Å². The predicted octanol–water partition coefficient (Wildman–Crippen LogP) is 3.91.